The average molecular weight is 348 g/mol. The number of halogens is 1. The van der Waals surface area contributed by atoms with Gasteiger partial charge in [-0.3, -0.25) is 4.79 Å². The van der Waals surface area contributed by atoms with E-state index in [9.17, 15) is 9.18 Å². The summed E-state index contributed by atoms with van der Waals surface area (Å²) in [6.45, 7) is 4.07. The van der Waals surface area contributed by atoms with Crippen LogP contribution in [0.3, 0.4) is 0 Å². The van der Waals surface area contributed by atoms with Gasteiger partial charge >= 0.3 is 0 Å². The summed E-state index contributed by atoms with van der Waals surface area (Å²) in [5.74, 6) is 0.227. The molecule has 1 unspecified atom stereocenters. The number of likely N-dealkylation sites (N-methyl/N-ethyl adjacent to an activating group) is 1. The second-order valence-corrected chi connectivity index (χ2v) is 6.70. The molecular formula is C18H21FN2O2S. The third-order valence-corrected chi connectivity index (χ3v) is 5.14. The molecule has 24 heavy (non-hydrogen) atoms. The summed E-state index contributed by atoms with van der Waals surface area (Å²) in [5.41, 5.74) is 1.15. The molecule has 1 aliphatic heterocycles. The van der Waals surface area contributed by atoms with E-state index in [-0.39, 0.29) is 17.8 Å². The molecule has 6 heteroatoms. The molecule has 2 heterocycles. The lowest BCUT2D eigenvalue weighted by molar-refractivity contribution is -0.133. The monoisotopic (exact) mass is 348 g/mol. The zero-order valence-electron chi connectivity index (χ0n) is 13.6. The van der Waals surface area contributed by atoms with Crippen molar-refractivity contribution in [2.75, 3.05) is 26.2 Å². The van der Waals surface area contributed by atoms with Gasteiger partial charge in [-0.05, 0) is 42.1 Å². The van der Waals surface area contributed by atoms with E-state index in [4.69, 9.17) is 4.74 Å². The second kappa shape index (κ2) is 7.77. The summed E-state index contributed by atoms with van der Waals surface area (Å²) in [4.78, 5) is 15.7. The van der Waals surface area contributed by atoms with Crippen molar-refractivity contribution in [1.82, 2.24) is 10.2 Å². The largest absolute Gasteiger partial charge is 0.491 e. The van der Waals surface area contributed by atoms with Crippen molar-refractivity contribution >= 4 is 17.2 Å². The predicted octanol–water partition coefficient (Wildman–Crippen LogP) is 3.00. The van der Waals surface area contributed by atoms with E-state index < -0.39 is 0 Å². The molecule has 128 valence electrons. The summed E-state index contributed by atoms with van der Waals surface area (Å²) in [6.07, 6.45) is 0.876. The predicted molar refractivity (Wildman–Crippen MR) is 92.9 cm³/mol. The van der Waals surface area contributed by atoms with Gasteiger partial charge in [0.15, 0.2) is 0 Å². The van der Waals surface area contributed by atoms with Gasteiger partial charge in [0.05, 0.1) is 12.6 Å². The Morgan fingerprint density at radius 2 is 2.33 bits per heavy atom. The van der Waals surface area contributed by atoms with E-state index in [2.05, 4.69) is 16.8 Å². The lowest BCUT2D eigenvalue weighted by atomic mass is 10.0. The molecule has 0 bridgehead atoms. The fourth-order valence-electron chi connectivity index (χ4n) is 2.94. The Morgan fingerprint density at radius 3 is 3.12 bits per heavy atom. The number of thiophene rings is 1. The molecule has 0 radical (unpaired) electrons. The van der Waals surface area contributed by atoms with Crippen LogP contribution in [-0.4, -0.2) is 37.0 Å². The fraction of sp³-hybridized carbons (Fsp3) is 0.389. The van der Waals surface area contributed by atoms with Gasteiger partial charge < -0.3 is 15.0 Å². The van der Waals surface area contributed by atoms with Gasteiger partial charge in [-0.25, -0.2) is 4.39 Å². The number of amides is 1. The first-order chi connectivity index (χ1) is 11.7. The summed E-state index contributed by atoms with van der Waals surface area (Å²) in [6, 6.07) is 8.03. The van der Waals surface area contributed by atoms with Crippen LogP contribution in [0.4, 0.5) is 4.39 Å². The Labute approximate surface area is 145 Å². The van der Waals surface area contributed by atoms with Gasteiger partial charge in [-0.15, -0.1) is 11.3 Å². The van der Waals surface area contributed by atoms with Crippen molar-refractivity contribution in [2.24, 2.45) is 0 Å². The molecule has 0 saturated heterocycles. The SMILES string of the molecule is CCNCC(=O)N1CCc2sccc2C1COc1cccc(F)c1. The van der Waals surface area contributed by atoms with Gasteiger partial charge in [0.25, 0.3) is 0 Å². The number of nitrogens with one attached hydrogen (secondary N) is 1. The molecule has 0 aliphatic carbocycles. The molecule has 0 saturated carbocycles. The molecule has 0 spiro atoms. The van der Waals surface area contributed by atoms with Crippen LogP contribution in [0.1, 0.15) is 23.4 Å². The topological polar surface area (TPSA) is 41.6 Å². The van der Waals surface area contributed by atoms with Crippen LogP contribution in [0.25, 0.3) is 0 Å². The van der Waals surface area contributed by atoms with Crippen molar-refractivity contribution in [3.8, 4) is 5.75 Å². The lowest BCUT2D eigenvalue weighted by Crippen LogP contribution is -2.45. The van der Waals surface area contributed by atoms with Crippen LogP contribution >= 0.6 is 11.3 Å². The van der Waals surface area contributed by atoms with Gasteiger partial charge in [-0.2, -0.15) is 0 Å². The smallest absolute Gasteiger partial charge is 0.237 e. The number of ether oxygens (including phenoxy) is 1. The zero-order valence-corrected chi connectivity index (χ0v) is 14.4. The Hall–Kier alpha value is -1.92. The molecule has 0 fully saturated rings. The molecule has 1 amide bonds. The second-order valence-electron chi connectivity index (χ2n) is 5.70. The van der Waals surface area contributed by atoms with Crippen molar-refractivity contribution in [3.05, 3.63) is 52.0 Å². The number of benzene rings is 1. The van der Waals surface area contributed by atoms with E-state index in [0.29, 0.717) is 25.4 Å². The summed E-state index contributed by atoms with van der Waals surface area (Å²) < 4.78 is 19.1. The van der Waals surface area contributed by atoms with E-state index in [1.165, 1.54) is 17.0 Å². The first kappa shape index (κ1) is 16.9. The molecule has 1 aromatic heterocycles. The Morgan fingerprint density at radius 1 is 1.46 bits per heavy atom. The van der Waals surface area contributed by atoms with E-state index in [0.717, 1.165) is 18.5 Å². The van der Waals surface area contributed by atoms with Crippen LogP contribution in [-0.2, 0) is 11.2 Å². The summed E-state index contributed by atoms with van der Waals surface area (Å²) in [5, 5.41) is 5.14. The Bertz CT molecular complexity index is 704. The van der Waals surface area contributed by atoms with Crippen LogP contribution in [0.5, 0.6) is 5.75 Å². The van der Waals surface area contributed by atoms with Crippen LogP contribution < -0.4 is 10.1 Å². The van der Waals surface area contributed by atoms with Crippen LogP contribution in [0, 0.1) is 5.82 Å². The summed E-state index contributed by atoms with van der Waals surface area (Å²) >= 11 is 1.72. The van der Waals surface area contributed by atoms with Crippen molar-refractivity contribution in [1.29, 1.82) is 0 Å². The number of hydrogen-bond donors (Lipinski definition) is 1. The lowest BCUT2D eigenvalue weighted by Gasteiger charge is -2.36. The van der Waals surface area contributed by atoms with Gasteiger partial charge in [0, 0.05) is 17.5 Å². The van der Waals surface area contributed by atoms with E-state index in [1.54, 1.807) is 23.5 Å². The average Bonchev–Trinajstić information content (AvgIpc) is 3.06. The maximum Gasteiger partial charge on any atom is 0.237 e. The van der Waals surface area contributed by atoms with E-state index in [1.807, 2.05) is 11.8 Å². The minimum Gasteiger partial charge on any atom is -0.491 e. The molecule has 1 aliphatic rings. The Balaban J connectivity index is 1.76. The number of carbonyl (C=O) groups is 1. The van der Waals surface area contributed by atoms with E-state index >= 15 is 0 Å². The maximum absolute atomic E-state index is 13.3. The quantitative estimate of drug-likeness (QED) is 0.873. The number of hydrogen-bond acceptors (Lipinski definition) is 4. The molecule has 4 nitrogen and oxygen atoms in total. The highest BCUT2D eigenvalue weighted by atomic mass is 32.1. The summed E-state index contributed by atoms with van der Waals surface area (Å²) in [7, 11) is 0. The molecule has 1 atom stereocenters. The van der Waals surface area contributed by atoms with Gasteiger partial charge in [0.1, 0.15) is 18.2 Å². The van der Waals surface area contributed by atoms with Crippen LogP contribution in [0.15, 0.2) is 35.7 Å². The molecular weight excluding hydrogens is 327 g/mol. The van der Waals surface area contributed by atoms with Gasteiger partial charge in [-0.1, -0.05) is 13.0 Å². The Kier molecular flexibility index (Phi) is 5.48. The van der Waals surface area contributed by atoms with Crippen molar-refractivity contribution in [3.63, 3.8) is 0 Å². The highest BCUT2D eigenvalue weighted by Crippen LogP contribution is 2.33. The first-order valence-corrected chi connectivity index (χ1v) is 9.02. The highest BCUT2D eigenvalue weighted by molar-refractivity contribution is 7.10. The van der Waals surface area contributed by atoms with Crippen LogP contribution in [0.2, 0.25) is 0 Å². The zero-order chi connectivity index (χ0) is 16.9. The van der Waals surface area contributed by atoms with Gasteiger partial charge in [0.2, 0.25) is 5.91 Å². The maximum atomic E-state index is 13.3. The minimum atomic E-state index is -0.326. The first-order valence-electron chi connectivity index (χ1n) is 8.14. The third-order valence-electron chi connectivity index (χ3n) is 4.15. The van der Waals surface area contributed by atoms with Crippen molar-refractivity contribution < 1.29 is 13.9 Å². The minimum absolute atomic E-state index is 0.0709. The number of rotatable bonds is 6. The number of fused-ring (bicyclic) bond motifs is 1. The normalized spacial score (nSPS) is 16.8. The molecule has 2 aromatic rings. The highest BCUT2D eigenvalue weighted by Gasteiger charge is 2.31. The molecule has 1 N–H and O–H groups in total. The number of nitrogens with zero attached hydrogens (tertiary/aromatic N) is 1. The molecule has 1 aromatic carbocycles. The number of carbonyl (C=O) groups excluding carboxylic acids is 1. The standard InChI is InChI=1S/C18H21FN2O2S/c1-2-20-11-18(22)21-8-6-17-15(7-9-24-17)16(21)12-23-14-5-3-4-13(19)10-14/h3-5,7,9-10,16,20H,2,6,8,11-12H2,1H3. The third kappa shape index (κ3) is 3.76. The van der Waals surface area contributed by atoms with Crippen molar-refractivity contribution in [2.45, 2.75) is 19.4 Å². The fourth-order valence-corrected chi connectivity index (χ4v) is 3.87. The molecule has 3 rings (SSSR count).